The molecule has 1 fully saturated rings. The van der Waals surface area contributed by atoms with E-state index in [1.165, 1.54) is 14.2 Å². The average Bonchev–Trinajstić information content (AvgIpc) is 2.83. The van der Waals surface area contributed by atoms with Crippen molar-refractivity contribution in [3.8, 4) is 11.5 Å². The van der Waals surface area contributed by atoms with Crippen LogP contribution in [0.15, 0.2) is 21.5 Å². The van der Waals surface area contributed by atoms with Crippen LogP contribution in [0.25, 0.3) is 6.08 Å². The molecule has 0 saturated carbocycles. The highest BCUT2D eigenvalue weighted by molar-refractivity contribution is 9.10. The van der Waals surface area contributed by atoms with Crippen LogP contribution >= 0.6 is 27.7 Å². The first-order chi connectivity index (χ1) is 11.9. The fraction of sp³-hybridized carbons (Fsp3) is 0.312. The van der Waals surface area contributed by atoms with Crippen molar-refractivity contribution in [3.05, 3.63) is 27.1 Å². The number of esters is 1. The number of likely N-dealkylation sites (N-methyl/N-ethyl adjacent to an activating group) is 1. The van der Waals surface area contributed by atoms with Gasteiger partial charge in [0.05, 0.1) is 18.6 Å². The number of nitrogens with zero attached hydrogens (tertiary/aromatic N) is 1. The molecule has 0 aliphatic carbocycles. The Morgan fingerprint density at radius 2 is 1.96 bits per heavy atom. The van der Waals surface area contributed by atoms with Crippen LogP contribution in [0.2, 0.25) is 0 Å². The Hall–Kier alpha value is -2.00. The average molecular weight is 430 g/mol. The van der Waals surface area contributed by atoms with E-state index in [-0.39, 0.29) is 17.8 Å². The maximum atomic E-state index is 12.0. The van der Waals surface area contributed by atoms with E-state index in [0.717, 1.165) is 16.7 Å². The number of amides is 2. The Kier molecular flexibility index (Phi) is 6.49. The summed E-state index contributed by atoms with van der Waals surface area (Å²) in [6.07, 6.45) is 1.60. The minimum absolute atomic E-state index is 0.253. The molecule has 0 bridgehead atoms. The molecule has 7 nitrogen and oxygen atoms in total. The van der Waals surface area contributed by atoms with Crippen molar-refractivity contribution in [3.63, 3.8) is 0 Å². The van der Waals surface area contributed by atoms with Crippen LogP contribution < -0.4 is 9.47 Å². The summed E-state index contributed by atoms with van der Waals surface area (Å²) in [5, 5.41) is -0.324. The van der Waals surface area contributed by atoms with Crippen molar-refractivity contribution in [2.24, 2.45) is 0 Å². The van der Waals surface area contributed by atoms with Crippen LogP contribution in [-0.4, -0.2) is 49.4 Å². The minimum atomic E-state index is -0.515. The number of carbonyl (C=O) groups excluding carboxylic acids is 3. The molecule has 1 aromatic carbocycles. The maximum absolute atomic E-state index is 12.0. The summed E-state index contributed by atoms with van der Waals surface area (Å²) in [6, 6.07) is 3.31. The number of rotatable bonds is 6. The van der Waals surface area contributed by atoms with Gasteiger partial charge in [-0.3, -0.25) is 14.5 Å². The van der Waals surface area contributed by atoms with Crippen LogP contribution in [0, 0.1) is 0 Å². The summed E-state index contributed by atoms with van der Waals surface area (Å²) >= 11 is 4.27. The third-order valence-corrected chi connectivity index (χ3v) is 4.86. The van der Waals surface area contributed by atoms with Crippen molar-refractivity contribution in [2.75, 3.05) is 27.4 Å². The predicted octanol–water partition coefficient (Wildman–Crippen LogP) is 3.07. The third-order valence-electron chi connectivity index (χ3n) is 3.21. The molecular weight excluding hydrogens is 414 g/mol. The predicted molar refractivity (Wildman–Crippen MR) is 96.6 cm³/mol. The van der Waals surface area contributed by atoms with Gasteiger partial charge in [-0.2, -0.15) is 0 Å². The molecule has 0 N–H and O–H groups in total. The summed E-state index contributed by atoms with van der Waals surface area (Å²) in [6.45, 7) is 1.95. The number of halogens is 1. The molecule has 0 atom stereocenters. The lowest BCUT2D eigenvalue weighted by Crippen LogP contribution is -2.22. The first kappa shape index (κ1) is 19.3. The van der Waals surface area contributed by atoms with Crippen molar-refractivity contribution in [1.29, 1.82) is 0 Å². The van der Waals surface area contributed by atoms with Gasteiger partial charge < -0.3 is 14.2 Å². The lowest BCUT2D eigenvalue weighted by Gasteiger charge is -2.13. The van der Waals surface area contributed by atoms with Crippen molar-refractivity contribution in [1.82, 2.24) is 4.90 Å². The topological polar surface area (TPSA) is 82.1 Å². The minimum Gasteiger partial charge on any atom is -0.490 e. The van der Waals surface area contributed by atoms with Gasteiger partial charge in [-0.15, -0.1) is 0 Å². The summed E-state index contributed by atoms with van der Waals surface area (Å²) in [7, 11) is 2.71. The third kappa shape index (κ3) is 4.55. The normalized spacial score (nSPS) is 15.7. The van der Waals surface area contributed by atoms with Crippen LogP contribution in [0.1, 0.15) is 12.5 Å². The van der Waals surface area contributed by atoms with Crippen LogP contribution in [-0.2, 0) is 14.3 Å². The fourth-order valence-corrected chi connectivity index (χ4v) is 3.18. The maximum Gasteiger partial charge on any atom is 0.343 e. The van der Waals surface area contributed by atoms with Crippen molar-refractivity contribution in [2.45, 2.75) is 6.92 Å². The number of ether oxygens (including phenoxy) is 3. The van der Waals surface area contributed by atoms with E-state index in [4.69, 9.17) is 9.47 Å². The number of thioether (sulfide) groups is 1. The van der Waals surface area contributed by atoms with E-state index in [1.807, 2.05) is 6.92 Å². The van der Waals surface area contributed by atoms with E-state index in [2.05, 4.69) is 20.7 Å². The largest absolute Gasteiger partial charge is 0.490 e. The highest BCUT2D eigenvalue weighted by Gasteiger charge is 2.32. The molecule has 134 valence electrons. The summed E-state index contributed by atoms with van der Waals surface area (Å²) in [5.41, 5.74) is 0.646. The van der Waals surface area contributed by atoms with Crippen LogP contribution in [0.4, 0.5) is 4.79 Å². The molecule has 1 aliphatic heterocycles. The summed E-state index contributed by atoms with van der Waals surface area (Å²) in [5.74, 6) is -0.0957. The Morgan fingerprint density at radius 1 is 1.28 bits per heavy atom. The molecular formula is C16H16BrNO6S. The van der Waals surface area contributed by atoms with Crippen molar-refractivity contribution >= 4 is 50.9 Å². The van der Waals surface area contributed by atoms with Gasteiger partial charge >= 0.3 is 5.97 Å². The first-order valence-electron chi connectivity index (χ1n) is 7.24. The van der Waals surface area contributed by atoms with Gasteiger partial charge in [0.2, 0.25) is 0 Å². The number of methoxy groups -OCH3 is 1. The Balaban J connectivity index is 2.34. The van der Waals surface area contributed by atoms with E-state index in [1.54, 1.807) is 18.2 Å². The smallest absolute Gasteiger partial charge is 0.343 e. The molecule has 9 heteroatoms. The molecule has 0 aromatic heterocycles. The number of carbonyl (C=O) groups is 3. The number of imide groups is 1. The van der Waals surface area contributed by atoms with E-state index >= 15 is 0 Å². The molecule has 1 saturated heterocycles. The van der Waals surface area contributed by atoms with Gasteiger partial charge in [-0.25, -0.2) is 4.79 Å². The van der Waals surface area contributed by atoms with E-state index in [9.17, 15) is 14.4 Å². The van der Waals surface area contributed by atoms with Crippen LogP contribution in [0.3, 0.4) is 0 Å². The number of hydrogen-bond acceptors (Lipinski definition) is 7. The van der Waals surface area contributed by atoms with E-state index < -0.39 is 5.97 Å². The Morgan fingerprint density at radius 3 is 2.52 bits per heavy atom. The molecule has 0 unspecified atom stereocenters. The monoisotopic (exact) mass is 429 g/mol. The Bertz CT molecular complexity index is 748. The first-order valence-corrected chi connectivity index (χ1v) is 8.85. The summed E-state index contributed by atoms with van der Waals surface area (Å²) in [4.78, 5) is 36.2. The van der Waals surface area contributed by atoms with Gasteiger partial charge in [0.15, 0.2) is 18.1 Å². The second-order valence-electron chi connectivity index (χ2n) is 4.86. The molecule has 0 radical (unpaired) electrons. The van der Waals surface area contributed by atoms with Gasteiger partial charge in [-0.05, 0) is 42.5 Å². The number of hydrogen-bond donors (Lipinski definition) is 0. The van der Waals surface area contributed by atoms with Gasteiger partial charge in [-0.1, -0.05) is 15.9 Å². The quantitative estimate of drug-likeness (QED) is 0.507. The van der Waals surface area contributed by atoms with Gasteiger partial charge in [0.25, 0.3) is 11.1 Å². The SMILES string of the molecule is CCOc1cc(/C=C2\SC(=O)N(C)C2=O)c(Br)cc1OCC(=O)OC. The molecule has 0 spiro atoms. The Labute approximate surface area is 157 Å². The molecule has 25 heavy (non-hydrogen) atoms. The fourth-order valence-electron chi connectivity index (χ4n) is 1.92. The lowest BCUT2D eigenvalue weighted by molar-refractivity contribution is -0.142. The standard InChI is InChI=1S/C16H16BrNO6S/c1-4-23-11-5-9(6-13-15(20)18(2)16(21)25-13)10(17)7-12(11)24-8-14(19)22-3/h5-7H,4,8H2,1-3H3/b13-6-. The highest BCUT2D eigenvalue weighted by atomic mass is 79.9. The summed E-state index contributed by atoms with van der Waals surface area (Å²) < 4.78 is 16.1. The highest BCUT2D eigenvalue weighted by Crippen LogP contribution is 2.37. The number of benzene rings is 1. The van der Waals surface area contributed by atoms with E-state index in [0.29, 0.717) is 33.0 Å². The van der Waals surface area contributed by atoms with Crippen molar-refractivity contribution < 1.29 is 28.6 Å². The second kappa shape index (κ2) is 8.39. The zero-order chi connectivity index (χ0) is 18.6. The molecule has 1 aliphatic rings. The molecule has 1 heterocycles. The van der Waals surface area contributed by atoms with Gasteiger partial charge in [0, 0.05) is 11.5 Å². The molecule has 2 rings (SSSR count). The lowest BCUT2D eigenvalue weighted by atomic mass is 10.2. The van der Waals surface area contributed by atoms with Crippen LogP contribution in [0.5, 0.6) is 11.5 Å². The zero-order valence-electron chi connectivity index (χ0n) is 13.8. The zero-order valence-corrected chi connectivity index (χ0v) is 16.2. The van der Waals surface area contributed by atoms with Gasteiger partial charge in [0.1, 0.15) is 0 Å². The second-order valence-corrected chi connectivity index (χ2v) is 6.71. The molecule has 2 amide bonds. The molecule has 1 aromatic rings.